The molecule has 0 aliphatic heterocycles. The molecule has 1 aromatic heterocycles. The van der Waals surface area contributed by atoms with Gasteiger partial charge in [-0.2, -0.15) is 0 Å². The average Bonchev–Trinajstić information content (AvgIpc) is 2.20. The average molecular weight is 278 g/mol. The van der Waals surface area contributed by atoms with Crippen molar-refractivity contribution in [2.75, 3.05) is 19.8 Å². The molecular weight excluding hydrogens is 266 g/mol. The van der Waals surface area contributed by atoms with Crippen molar-refractivity contribution in [3.05, 3.63) is 31.5 Å². The van der Waals surface area contributed by atoms with Gasteiger partial charge in [0.1, 0.15) is 0 Å². The summed E-state index contributed by atoms with van der Waals surface area (Å²) >= 11 is 3.04. The van der Waals surface area contributed by atoms with Crippen molar-refractivity contribution >= 4 is 15.9 Å². The molecule has 0 amide bonds. The van der Waals surface area contributed by atoms with E-state index in [-0.39, 0.29) is 0 Å². The number of H-pyrrole nitrogens is 1. The lowest BCUT2D eigenvalue weighted by molar-refractivity contribution is 0.132. The molecule has 0 atom stereocenters. The van der Waals surface area contributed by atoms with E-state index in [9.17, 15) is 9.59 Å². The number of nitrogens with zero attached hydrogens (tertiary/aromatic N) is 1. The minimum atomic E-state index is -0.445. The Hall–Kier alpha value is -0.920. The van der Waals surface area contributed by atoms with Crippen LogP contribution in [0, 0.1) is 0 Å². The van der Waals surface area contributed by atoms with Gasteiger partial charge in [0, 0.05) is 12.7 Å². The lowest BCUT2D eigenvalue weighted by Gasteiger charge is -2.05. The van der Waals surface area contributed by atoms with Gasteiger partial charge < -0.3 is 10.5 Å². The highest BCUT2D eigenvalue weighted by Gasteiger charge is 2.01. The quantitative estimate of drug-likeness (QED) is 0.695. The lowest BCUT2D eigenvalue weighted by Crippen LogP contribution is -2.31. The van der Waals surface area contributed by atoms with E-state index in [1.54, 1.807) is 0 Å². The highest BCUT2D eigenvalue weighted by Crippen LogP contribution is 1.97. The van der Waals surface area contributed by atoms with Crippen molar-refractivity contribution in [3.8, 4) is 0 Å². The molecule has 0 spiro atoms. The fraction of sp³-hybridized carbons (Fsp3) is 0.500. The summed E-state index contributed by atoms with van der Waals surface area (Å²) in [5.41, 5.74) is 4.36. The predicted molar refractivity (Wildman–Crippen MR) is 58.9 cm³/mol. The van der Waals surface area contributed by atoms with Crippen molar-refractivity contribution in [2.24, 2.45) is 5.73 Å². The summed E-state index contributed by atoms with van der Waals surface area (Å²) in [6.45, 7) is 1.67. The van der Waals surface area contributed by atoms with Crippen molar-refractivity contribution in [1.82, 2.24) is 9.55 Å². The van der Waals surface area contributed by atoms with E-state index in [2.05, 4.69) is 20.9 Å². The molecular formula is C8H12BrN3O3. The molecule has 3 N–H and O–H groups in total. The van der Waals surface area contributed by atoms with E-state index in [4.69, 9.17) is 10.5 Å². The Labute approximate surface area is 94.2 Å². The molecule has 0 aliphatic carbocycles. The maximum Gasteiger partial charge on any atom is 0.328 e. The second kappa shape index (κ2) is 5.84. The summed E-state index contributed by atoms with van der Waals surface area (Å²) in [5, 5.41) is 0. The summed E-state index contributed by atoms with van der Waals surface area (Å²) in [6.07, 6.45) is 1.44. The van der Waals surface area contributed by atoms with Crippen molar-refractivity contribution in [1.29, 1.82) is 0 Å². The number of nitrogens with one attached hydrogen (secondary N) is 1. The summed E-state index contributed by atoms with van der Waals surface area (Å²) in [7, 11) is 0. The van der Waals surface area contributed by atoms with Gasteiger partial charge >= 0.3 is 5.69 Å². The first-order valence-corrected chi connectivity index (χ1v) is 5.21. The molecule has 0 radical (unpaired) electrons. The van der Waals surface area contributed by atoms with E-state index >= 15 is 0 Å². The first-order chi connectivity index (χ1) is 7.15. The summed E-state index contributed by atoms with van der Waals surface area (Å²) in [4.78, 5) is 24.4. The molecule has 1 rings (SSSR count). The van der Waals surface area contributed by atoms with E-state index < -0.39 is 11.2 Å². The Morgan fingerprint density at radius 2 is 2.20 bits per heavy atom. The summed E-state index contributed by atoms with van der Waals surface area (Å²) in [6, 6.07) is 0. The molecule has 0 saturated carbocycles. The van der Waals surface area contributed by atoms with Crippen molar-refractivity contribution < 1.29 is 4.74 Å². The third-order valence-corrected chi connectivity index (χ3v) is 2.27. The first kappa shape index (κ1) is 12.2. The lowest BCUT2D eigenvalue weighted by atomic mass is 10.6. The number of halogens is 1. The predicted octanol–water partition coefficient (Wildman–Crippen LogP) is -0.726. The van der Waals surface area contributed by atoms with E-state index in [1.165, 1.54) is 10.8 Å². The van der Waals surface area contributed by atoms with Crippen LogP contribution in [0.15, 0.2) is 20.3 Å². The smallest absolute Gasteiger partial charge is 0.328 e. The number of ether oxygens (including phenoxy) is 1. The van der Waals surface area contributed by atoms with Crippen LogP contribution in [-0.2, 0) is 11.3 Å². The van der Waals surface area contributed by atoms with Gasteiger partial charge in [0.15, 0.2) is 0 Å². The van der Waals surface area contributed by atoms with Crippen LogP contribution in [0.1, 0.15) is 0 Å². The molecule has 6 nitrogen and oxygen atoms in total. The molecule has 7 heteroatoms. The Kier molecular flexibility index (Phi) is 4.73. The topological polar surface area (TPSA) is 90.1 Å². The van der Waals surface area contributed by atoms with Crippen molar-refractivity contribution in [3.63, 3.8) is 0 Å². The fourth-order valence-electron chi connectivity index (χ4n) is 0.997. The Morgan fingerprint density at radius 3 is 2.87 bits per heavy atom. The highest BCUT2D eigenvalue weighted by atomic mass is 79.9. The number of hydrogen-bond acceptors (Lipinski definition) is 4. The number of aromatic nitrogens is 2. The molecule has 0 unspecified atom stereocenters. The maximum atomic E-state index is 11.3. The minimum Gasteiger partial charge on any atom is -0.378 e. The standard InChI is InChI=1S/C8H12BrN3O3/c9-6-5-12(2-4-15-3-1-10)8(14)11-7(6)13/h5H,1-4,10H2,(H,11,13,14). The Morgan fingerprint density at radius 1 is 1.47 bits per heavy atom. The van der Waals surface area contributed by atoms with E-state index in [0.29, 0.717) is 30.8 Å². The first-order valence-electron chi connectivity index (χ1n) is 4.42. The Balaban J connectivity index is 2.66. The molecule has 1 heterocycles. The summed E-state index contributed by atoms with van der Waals surface area (Å²) in [5.74, 6) is 0. The fourth-order valence-corrected chi connectivity index (χ4v) is 1.34. The molecule has 84 valence electrons. The van der Waals surface area contributed by atoms with Gasteiger partial charge in [-0.3, -0.25) is 14.3 Å². The number of nitrogens with two attached hydrogens (primary N) is 1. The zero-order valence-corrected chi connectivity index (χ0v) is 9.62. The number of aromatic amines is 1. The van der Waals surface area contributed by atoms with Gasteiger partial charge in [-0.25, -0.2) is 4.79 Å². The van der Waals surface area contributed by atoms with E-state index in [1.807, 2.05) is 0 Å². The van der Waals surface area contributed by atoms with Gasteiger partial charge in [-0.1, -0.05) is 0 Å². The normalized spacial score (nSPS) is 10.5. The monoisotopic (exact) mass is 277 g/mol. The molecule has 0 aliphatic rings. The third kappa shape index (κ3) is 3.61. The molecule has 0 aromatic carbocycles. The van der Waals surface area contributed by atoms with Crippen LogP contribution in [0.25, 0.3) is 0 Å². The summed E-state index contributed by atoms with van der Waals surface area (Å²) < 4.78 is 6.80. The molecule has 0 fully saturated rings. The SMILES string of the molecule is NCCOCCn1cc(Br)c(=O)[nH]c1=O. The second-order valence-electron chi connectivity index (χ2n) is 2.83. The Bertz CT molecular complexity index is 426. The maximum absolute atomic E-state index is 11.3. The van der Waals surface area contributed by atoms with Crippen LogP contribution in [0.4, 0.5) is 0 Å². The molecule has 15 heavy (non-hydrogen) atoms. The number of hydrogen-bond donors (Lipinski definition) is 2. The van der Waals surface area contributed by atoms with Gasteiger partial charge in [0.05, 0.1) is 24.2 Å². The van der Waals surface area contributed by atoms with Gasteiger partial charge in [-0.05, 0) is 15.9 Å². The van der Waals surface area contributed by atoms with Crippen LogP contribution in [-0.4, -0.2) is 29.3 Å². The third-order valence-electron chi connectivity index (χ3n) is 1.71. The minimum absolute atomic E-state index is 0.320. The zero-order valence-electron chi connectivity index (χ0n) is 8.03. The largest absolute Gasteiger partial charge is 0.378 e. The number of rotatable bonds is 5. The van der Waals surface area contributed by atoms with Crippen LogP contribution in [0.5, 0.6) is 0 Å². The highest BCUT2D eigenvalue weighted by molar-refractivity contribution is 9.10. The molecule has 1 aromatic rings. The van der Waals surface area contributed by atoms with Gasteiger partial charge in [-0.15, -0.1) is 0 Å². The molecule has 0 saturated heterocycles. The van der Waals surface area contributed by atoms with Gasteiger partial charge in [0.25, 0.3) is 5.56 Å². The molecule has 0 bridgehead atoms. The van der Waals surface area contributed by atoms with Crippen LogP contribution in [0.2, 0.25) is 0 Å². The van der Waals surface area contributed by atoms with Crippen LogP contribution < -0.4 is 17.0 Å². The second-order valence-corrected chi connectivity index (χ2v) is 3.69. The zero-order chi connectivity index (χ0) is 11.3. The van der Waals surface area contributed by atoms with Gasteiger partial charge in [0.2, 0.25) is 0 Å². The van der Waals surface area contributed by atoms with Crippen LogP contribution >= 0.6 is 15.9 Å². The van der Waals surface area contributed by atoms with E-state index in [0.717, 1.165) is 0 Å². The van der Waals surface area contributed by atoms with Crippen molar-refractivity contribution in [2.45, 2.75) is 6.54 Å². The van der Waals surface area contributed by atoms with Crippen LogP contribution in [0.3, 0.4) is 0 Å².